The molecule has 1 atom stereocenters. The van der Waals surface area contributed by atoms with Gasteiger partial charge in [0.05, 0.1) is 19.2 Å². The molecule has 0 N–H and O–H groups in total. The highest BCUT2D eigenvalue weighted by Crippen LogP contribution is 2.29. The third-order valence-corrected chi connectivity index (χ3v) is 5.97. The predicted molar refractivity (Wildman–Crippen MR) is 129 cm³/mol. The van der Waals surface area contributed by atoms with Gasteiger partial charge in [0.15, 0.2) is 0 Å². The molecule has 0 aliphatic carbocycles. The first-order valence-electron chi connectivity index (χ1n) is 11.2. The van der Waals surface area contributed by atoms with Crippen LogP contribution in [0.15, 0.2) is 73.1 Å². The molecule has 174 valence electrons. The van der Waals surface area contributed by atoms with Crippen LogP contribution in [0.25, 0.3) is 0 Å². The number of carbonyl (C=O) groups excluding carboxylic acids is 3. The number of imide groups is 1. The SMILES string of the molecule is COc1cccc(C(=O)N(Cc2cccnc2)C2CC(=O)N(c3ccc(C(C)C)cc3)C2=O)c1. The van der Waals surface area contributed by atoms with Gasteiger partial charge in [0, 0.05) is 24.5 Å². The molecule has 7 nitrogen and oxygen atoms in total. The summed E-state index contributed by atoms with van der Waals surface area (Å²) in [7, 11) is 1.53. The number of anilines is 1. The van der Waals surface area contributed by atoms with Gasteiger partial charge in [-0.3, -0.25) is 19.4 Å². The van der Waals surface area contributed by atoms with E-state index in [1.54, 1.807) is 54.9 Å². The molecule has 2 aromatic carbocycles. The van der Waals surface area contributed by atoms with E-state index in [0.29, 0.717) is 22.9 Å². The molecule has 0 spiro atoms. The average Bonchev–Trinajstić information content (AvgIpc) is 3.16. The first-order valence-corrected chi connectivity index (χ1v) is 11.2. The van der Waals surface area contributed by atoms with E-state index >= 15 is 0 Å². The quantitative estimate of drug-likeness (QED) is 0.497. The molecule has 1 aromatic heterocycles. The van der Waals surface area contributed by atoms with E-state index < -0.39 is 11.9 Å². The summed E-state index contributed by atoms with van der Waals surface area (Å²) in [5.74, 6) is -0.231. The van der Waals surface area contributed by atoms with Crippen LogP contribution in [-0.4, -0.2) is 40.8 Å². The summed E-state index contributed by atoms with van der Waals surface area (Å²) in [6.07, 6.45) is 3.21. The lowest BCUT2D eigenvalue weighted by atomic mass is 10.0. The zero-order chi connectivity index (χ0) is 24.2. The molecule has 1 unspecified atom stereocenters. The maximum Gasteiger partial charge on any atom is 0.257 e. The van der Waals surface area contributed by atoms with Gasteiger partial charge in [0.2, 0.25) is 5.91 Å². The number of benzene rings is 2. The largest absolute Gasteiger partial charge is 0.497 e. The van der Waals surface area contributed by atoms with Crippen LogP contribution in [0.2, 0.25) is 0 Å². The summed E-state index contributed by atoms with van der Waals surface area (Å²) in [5.41, 5.74) is 2.77. The van der Waals surface area contributed by atoms with Crippen LogP contribution >= 0.6 is 0 Å². The van der Waals surface area contributed by atoms with E-state index in [1.807, 2.05) is 18.2 Å². The molecule has 0 bridgehead atoms. The number of pyridine rings is 1. The van der Waals surface area contributed by atoms with Crippen molar-refractivity contribution in [2.75, 3.05) is 12.0 Å². The number of hydrogen-bond donors (Lipinski definition) is 0. The van der Waals surface area contributed by atoms with Gasteiger partial charge in [-0.2, -0.15) is 0 Å². The number of ether oxygens (including phenoxy) is 1. The van der Waals surface area contributed by atoms with Crippen molar-refractivity contribution in [2.45, 2.75) is 38.8 Å². The fourth-order valence-electron chi connectivity index (χ4n) is 4.07. The Balaban J connectivity index is 1.67. The lowest BCUT2D eigenvalue weighted by Crippen LogP contribution is -2.45. The van der Waals surface area contributed by atoms with Gasteiger partial charge < -0.3 is 9.64 Å². The van der Waals surface area contributed by atoms with E-state index in [-0.39, 0.29) is 24.8 Å². The van der Waals surface area contributed by atoms with Crippen LogP contribution in [-0.2, 0) is 16.1 Å². The third-order valence-electron chi connectivity index (χ3n) is 5.97. The van der Waals surface area contributed by atoms with E-state index in [4.69, 9.17) is 4.74 Å². The predicted octanol–water partition coefficient (Wildman–Crippen LogP) is 4.19. The second-order valence-corrected chi connectivity index (χ2v) is 8.56. The number of amides is 3. The molecule has 3 amide bonds. The van der Waals surface area contributed by atoms with Crippen molar-refractivity contribution in [2.24, 2.45) is 0 Å². The fraction of sp³-hybridized carbons (Fsp3) is 0.259. The third kappa shape index (κ3) is 4.69. The van der Waals surface area contributed by atoms with Crippen molar-refractivity contribution in [1.29, 1.82) is 0 Å². The number of nitrogens with zero attached hydrogens (tertiary/aromatic N) is 3. The normalized spacial score (nSPS) is 15.6. The summed E-state index contributed by atoms with van der Waals surface area (Å²) in [6, 6.07) is 16.9. The first-order chi connectivity index (χ1) is 16.4. The standard InChI is InChI=1S/C27H27N3O4/c1-18(2)20-9-11-22(12-10-20)30-25(31)15-24(27(30)33)29(17-19-6-5-13-28-16-19)26(32)21-7-4-8-23(14-21)34-3/h4-14,16,18,24H,15,17H2,1-3H3. The number of methoxy groups -OCH3 is 1. The Labute approximate surface area is 199 Å². The van der Waals surface area contributed by atoms with Crippen molar-refractivity contribution >= 4 is 23.4 Å². The fourth-order valence-corrected chi connectivity index (χ4v) is 4.07. The lowest BCUT2D eigenvalue weighted by Gasteiger charge is -2.28. The number of carbonyl (C=O) groups is 3. The Bertz CT molecular complexity index is 1190. The summed E-state index contributed by atoms with van der Waals surface area (Å²) in [4.78, 5) is 46.8. The Kier molecular flexibility index (Phi) is 6.72. The van der Waals surface area contributed by atoms with Crippen molar-refractivity contribution in [1.82, 2.24) is 9.88 Å². The maximum absolute atomic E-state index is 13.6. The molecule has 4 rings (SSSR count). The van der Waals surface area contributed by atoms with E-state index in [2.05, 4.69) is 18.8 Å². The molecule has 3 aromatic rings. The highest BCUT2D eigenvalue weighted by Gasteiger charge is 2.44. The van der Waals surface area contributed by atoms with Crippen LogP contribution in [0.1, 0.15) is 47.7 Å². The second-order valence-electron chi connectivity index (χ2n) is 8.56. The molecular weight excluding hydrogens is 430 g/mol. The van der Waals surface area contributed by atoms with Crippen LogP contribution in [0.4, 0.5) is 5.69 Å². The lowest BCUT2D eigenvalue weighted by molar-refractivity contribution is -0.122. The minimum absolute atomic E-state index is 0.0826. The van der Waals surface area contributed by atoms with Crippen molar-refractivity contribution in [3.05, 3.63) is 89.7 Å². The average molecular weight is 458 g/mol. The summed E-state index contributed by atoms with van der Waals surface area (Å²) >= 11 is 0. The molecular formula is C27H27N3O4. The van der Waals surface area contributed by atoms with Gasteiger partial charge in [-0.1, -0.05) is 38.1 Å². The Hall–Kier alpha value is -4.00. The Morgan fingerprint density at radius 2 is 1.88 bits per heavy atom. The molecule has 1 aliphatic rings. The molecule has 1 aliphatic heterocycles. The van der Waals surface area contributed by atoms with Crippen LogP contribution in [0.5, 0.6) is 5.75 Å². The number of rotatable bonds is 7. The van der Waals surface area contributed by atoms with Gasteiger partial charge in [-0.15, -0.1) is 0 Å². The molecule has 0 saturated carbocycles. The molecule has 1 fully saturated rings. The van der Waals surface area contributed by atoms with Crippen molar-refractivity contribution < 1.29 is 19.1 Å². The van der Waals surface area contributed by atoms with Gasteiger partial charge in [0.1, 0.15) is 11.8 Å². The van der Waals surface area contributed by atoms with E-state index in [0.717, 1.165) is 11.1 Å². The summed E-state index contributed by atoms with van der Waals surface area (Å²) < 4.78 is 5.26. The van der Waals surface area contributed by atoms with Gasteiger partial charge in [-0.05, 0) is 53.4 Å². The van der Waals surface area contributed by atoms with Gasteiger partial charge >= 0.3 is 0 Å². The number of hydrogen-bond acceptors (Lipinski definition) is 5. The molecule has 2 heterocycles. The van der Waals surface area contributed by atoms with Crippen LogP contribution in [0, 0.1) is 0 Å². The van der Waals surface area contributed by atoms with Crippen molar-refractivity contribution in [3.63, 3.8) is 0 Å². The minimum atomic E-state index is -0.920. The molecule has 0 radical (unpaired) electrons. The van der Waals surface area contributed by atoms with Gasteiger partial charge in [0.25, 0.3) is 11.8 Å². The number of aromatic nitrogens is 1. The topological polar surface area (TPSA) is 79.8 Å². The first kappa shape index (κ1) is 23.2. The molecule has 1 saturated heterocycles. The zero-order valence-corrected chi connectivity index (χ0v) is 19.5. The Morgan fingerprint density at radius 3 is 2.53 bits per heavy atom. The monoisotopic (exact) mass is 457 g/mol. The molecule has 34 heavy (non-hydrogen) atoms. The van der Waals surface area contributed by atoms with Gasteiger partial charge in [-0.25, -0.2) is 4.90 Å². The minimum Gasteiger partial charge on any atom is -0.497 e. The second kappa shape index (κ2) is 9.87. The summed E-state index contributed by atoms with van der Waals surface area (Å²) in [5, 5.41) is 0. The van der Waals surface area contributed by atoms with E-state index in [1.165, 1.54) is 16.9 Å². The highest BCUT2D eigenvalue weighted by molar-refractivity contribution is 6.23. The van der Waals surface area contributed by atoms with Crippen LogP contribution in [0.3, 0.4) is 0 Å². The zero-order valence-electron chi connectivity index (χ0n) is 19.5. The Morgan fingerprint density at radius 1 is 1.12 bits per heavy atom. The summed E-state index contributed by atoms with van der Waals surface area (Å²) in [6.45, 7) is 4.31. The maximum atomic E-state index is 13.6. The smallest absolute Gasteiger partial charge is 0.257 e. The van der Waals surface area contributed by atoms with Crippen LogP contribution < -0.4 is 9.64 Å². The van der Waals surface area contributed by atoms with Crippen molar-refractivity contribution in [3.8, 4) is 5.75 Å². The molecule has 7 heteroatoms. The highest BCUT2D eigenvalue weighted by atomic mass is 16.5. The van der Waals surface area contributed by atoms with E-state index in [9.17, 15) is 14.4 Å².